The number of carbonyl (C=O) groups is 2. The van der Waals surface area contributed by atoms with Gasteiger partial charge in [0, 0.05) is 17.4 Å². The van der Waals surface area contributed by atoms with Crippen LogP contribution in [0, 0.1) is 0 Å². The molecule has 0 fully saturated rings. The summed E-state index contributed by atoms with van der Waals surface area (Å²) in [5.74, 6) is -5.06. The van der Waals surface area contributed by atoms with E-state index in [1.165, 1.54) is 0 Å². The predicted octanol–water partition coefficient (Wildman–Crippen LogP) is 1.14. The lowest BCUT2D eigenvalue weighted by Crippen LogP contribution is -2.15. The second-order valence-corrected chi connectivity index (χ2v) is 5.08. The summed E-state index contributed by atoms with van der Waals surface area (Å²) in [4.78, 5) is 36.0. The van der Waals surface area contributed by atoms with E-state index < -0.39 is 40.5 Å². The van der Waals surface area contributed by atoms with Crippen LogP contribution in [0.25, 0.3) is 10.8 Å². The summed E-state index contributed by atoms with van der Waals surface area (Å²) in [5, 5.41) is 28.9. The first kappa shape index (κ1) is 14.9. The number of Topliss-reactive ketones (excluding diaryl/α,β-unsaturated/α-hetero) is 1. The molecule has 8 nitrogen and oxygen atoms in total. The summed E-state index contributed by atoms with van der Waals surface area (Å²) < 4.78 is 9.84. The van der Waals surface area contributed by atoms with Gasteiger partial charge in [0.1, 0.15) is 0 Å². The zero-order valence-electron chi connectivity index (χ0n) is 12.0. The number of rotatable bonds is 2. The van der Waals surface area contributed by atoms with Crippen LogP contribution in [-0.4, -0.2) is 33.7 Å². The van der Waals surface area contributed by atoms with Gasteiger partial charge < -0.3 is 24.5 Å². The maximum absolute atomic E-state index is 12.1. The number of fused-ring (bicyclic) bond motifs is 3. The fourth-order valence-electron chi connectivity index (χ4n) is 2.76. The summed E-state index contributed by atoms with van der Waals surface area (Å²) in [6.45, 7) is 1.69. The van der Waals surface area contributed by atoms with Gasteiger partial charge in [-0.1, -0.05) is 0 Å². The van der Waals surface area contributed by atoms with Gasteiger partial charge in [0.25, 0.3) is 0 Å². The highest BCUT2D eigenvalue weighted by molar-refractivity contribution is 6.10. The topological polar surface area (TPSA) is 134 Å². The molecule has 0 saturated heterocycles. The first-order chi connectivity index (χ1) is 10.9. The van der Waals surface area contributed by atoms with Crippen LogP contribution in [0.2, 0.25) is 0 Å². The Bertz CT molecular complexity index is 908. The van der Waals surface area contributed by atoms with Crippen LogP contribution < -0.4 is 5.63 Å². The average Bonchev–Trinajstić information content (AvgIpc) is 2.82. The van der Waals surface area contributed by atoms with Crippen LogP contribution in [0.15, 0.2) is 15.3 Å². The first-order valence-corrected chi connectivity index (χ1v) is 6.81. The van der Waals surface area contributed by atoms with Crippen LogP contribution in [-0.2, 0) is 9.53 Å². The minimum atomic E-state index is -1.06. The van der Waals surface area contributed by atoms with E-state index in [0.29, 0.717) is 0 Å². The molecule has 1 atom stereocenters. The number of aromatic hydroxyl groups is 3. The molecule has 1 aliphatic rings. The lowest BCUT2D eigenvalue weighted by Gasteiger charge is -2.13. The fourth-order valence-corrected chi connectivity index (χ4v) is 2.76. The molecule has 3 rings (SSSR count). The van der Waals surface area contributed by atoms with Crippen molar-refractivity contribution in [1.82, 2.24) is 0 Å². The van der Waals surface area contributed by atoms with Crippen molar-refractivity contribution in [1.29, 1.82) is 0 Å². The number of phenolic OH excluding ortho intramolecular Hbond substituents is 3. The van der Waals surface area contributed by atoms with Gasteiger partial charge in [-0.25, -0.2) is 4.79 Å². The molecule has 3 N–H and O–H groups in total. The summed E-state index contributed by atoms with van der Waals surface area (Å²) in [7, 11) is 0. The summed E-state index contributed by atoms with van der Waals surface area (Å²) >= 11 is 0. The lowest BCUT2D eigenvalue weighted by molar-refractivity contribution is -0.144. The number of hydrogen-bond acceptors (Lipinski definition) is 8. The molecule has 0 radical (unpaired) electrons. The number of esters is 1. The third kappa shape index (κ3) is 2.02. The van der Waals surface area contributed by atoms with E-state index in [0.717, 1.165) is 6.07 Å². The van der Waals surface area contributed by atoms with E-state index in [2.05, 4.69) is 0 Å². The molecule has 2 aromatic rings. The van der Waals surface area contributed by atoms with Gasteiger partial charge >= 0.3 is 11.6 Å². The van der Waals surface area contributed by atoms with Gasteiger partial charge in [0.2, 0.25) is 5.75 Å². The maximum Gasteiger partial charge on any atom is 0.344 e. The van der Waals surface area contributed by atoms with E-state index in [1.807, 2.05) is 0 Å². The minimum Gasteiger partial charge on any atom is -0.504 e. The average molecular weight is 320 g/mol. The van der Waals surface area contributed by atoms with E-state index in [-0.39, 0.29) is 35.1 Å². The monoisotopic (exact) mass is 320 g/mol. The summed E-state index contributed by atoms with van der Waals surface area (Å²) in [5.41, 5.74) is -0.988. The molecule has 0 saturated carbocycles. The SMILES string of the molecule is CCOC(=O)[C@H]1CC(=O)c2oc(=O)c3cc(O)c(O)c(O)c3c21. The Kier molecular flexibility index (Phi) is 3.24. The molecule has 0 aliphatic heterocycles. The standard InChI is InChI=1S/C15H12O8/c1-2-22-14(20)6-4-8(17)13-10(6)9-5(15(21)23-13)3-7(16)11(18)12(9)19/h3,6,16,18-19H,2,4H2,1H3/t6-/m0/s1. The van der Waals surface area contributed by atoms with Crippen LogP contribution in [0.5, 0.6) is 17.2 Å². The van der Waals surface area contributed by atoms with Gasteiger partial charge in [-0.15, -0.1) is 0 Å². The first-order valence-electron chi connectivity index (χ1n) is 6.81. The summed E-state index contributed by atoms with van der Waals surface area (Å²) in [6.07, 6.45) is -0.267. The molecule has 0 amide bonds. The lowest BCUT2D eigenvalue weighted by atomic mass is 9.96. The molecule has 1 aromatic heterocycles. The Labute approximate surface area is 128 Å². The molecular weight excluding hydrogens is 308 g/mol. The Hall–Kier alpha value is -3.03. The third-order valence-corrected chi connectivity index (χ3v) is 3.75. The van der Waals surface area contributed by atoms with Gasteiger partial charge in [-0.2, -0.15) is 0 Å². The highest BCUT2D eigenvalue weighted by Crippen LogP contribution is 2.47. The van der Waals surface area contributed by atoms with Crippen LogP contribution in [0.4, 0.5) is 0 Å². The number of ketones is 1. The Morgan fingerprint density at radius 2 is 2.00 bits per heavy atom. The zero-order valence-corrected chi connectivity index (χ0v) is 12.0. The molecule has 0 unspecified atom stereocenters. The number of phenols is 3. The second-order valence-electron chi connectivity index (χ2n) is 5.08. The van der Waals surface area contributed by atoms with Gasteiger partial charge in [-0.05, 0) is 13.0 Å². The van der Waals surface area contributed by atoms with Gasteiger partial charge in [0.05, 0.1) is 17.9 Å². The number of benzene rings is 1. The van der Waals surface area contributed by atoms with Gasteiger partial charge in [-0.3, -0.25) is 9.59 Å². The molecular formula is C15H12O8. The minimum absolute atomic E-state index is 0.0177. The van der Waals surface area contributed by atoms with Crippen molar-refractivity contribution >= 4 is 22.5 Å². The second kappa shape index (κ2) is 5.01. The largest absolute Gasteiger partial charge is 0.504 e. The van der Waals surface area contributed by atoms with Gasteiger partial charge in [0.15, 0.2) is 23.0 Å². The Balaban J connectivity index is 2.41. The molecule has 1 heterocycles. The van der Waals surface area contributed by atoms with Crippen molar-refractivity contribution < 1.29 is 34.1 Å². The van der Waals surface area contributed by atoms with Crippen LogP contribution in [0.3, 0.4) is 0 Å². The molecule has 23 heavy (non-hydrogen) atoms. The smallest absolute Gasteiger partial charge is 0.344 e. The highest BCUT2D eigenvalue weighted by atomic mass is 16.5. The van der Waals surface area contributed by atoms with Crippen molar-refractivity contribution in [3.8, 4) is 17.2 Å². The normalized spacial score (nSPS) is 16.6. The third-order valence-electron chi connectivity index (χ3n) is 3.75. The molecule has 120 valence electrons. The van der Waals surface area contributed by atoms with Crippen molar-refractivity contribution in [2.24, 2.45) is 0 Å². The van der Waals surface area contributed by atoms with Crippen LogP contribution >= 0.6 is 0 Å². The van der Waals surface area contributed by atoms with Crippen molar-refractivity contribution in [3.05, 3.63) is 27.8 Å². The predicted molar refractivity (Wildman–Crippen MR) is 75.8 cm³/mol. The molecule has 1 aromatic carbocycles. The molecule has 1 aliphatic carbocycles. The molecule has 8 heteroatoms. The quantitative estimate of drug-likeness (QED) is 0.554. The summed E-state index contributed by atoms with van der Waals surface area (Å²) in [6, 6.07) is 0.904. The Morgan fingerprint density at radius 3 is 2.65 bits per heavy atom. The maximum atomic E-state index is 12.1. The molecule has 0 spiro atoms. The van der Waals surface area contributed by atoms with E-state index >= 15 is 0 Å². The van der Waals surface area contributed by atoms with E-state index in [9.17, 15) is 29.7 Å². The van der Waals surface area contributed by atoms with Crippen molar-refractivity contribution in [2.75, 3.05) is 6.61 Å². The number of hydrogen-bond donors (Lipinski definition) is 3. The Morgan fingerprint density at radius 1 is 1.30 bits per heavy atom. The van der Waals surface area contributed by atoms with Crippen molar-refractivity contribution in [2.45, 2.75) is 19.3 Å². The highest BCUT2D eigenvalue weighted by Gasteiger charge is 2.41. The van der Waals surface area contributed by atoms with Crippen LogP contribution in [0.1, 0.15) is 35.4 Å². The number of ether oxygens (including phenoxy) is 1. The van der Waals surface area contributed by atoms with E-state index in [4.69, 9.17) is 9.15 Å². The molecule has 0 bridgehead atoms. The van der Waals surface area contributed by atoms with E-state index in [1.54, 1.807) is 6.92 Å². The fraction of sp³-hybridized carbons (Fsp3) is 0.267. The van der Waals surface area contributed by atoms with Crippen molar-refractivity contribution in [3.63, 3.8) is 0 Å². The zero-order chi connectivity index (χ0) is 16.9. The number of carbonyl (C=O) groups excluding carboxylic acids is 2.